The first kappa shape index (κ1) is 17.2. The number of fused-ring (bicyclic) bond motifs is 1. The number of halogens is 1. The van der Waals surface area contributed by atoms with E-state index in [1.807, 2.05) is 28.9 Å². The second-order valence-electron chi connectivity index (χ2n) is 7.65. The highest BCUT2D eigenvalue weighted by molar-refractivity contribution is 6.31. The Balaban J connectivity index is 1.85. The molecule has 2 aromatic heterocycles. The third kappa shape index (κ3) is 3.14. The van der Waals surface area contributed by atoms with Gasteiger partial charge in [-0.05, 0) is 24.5 Å². The van der Waals surface area contributed by atoms with Gasteiger partial charge in [0.05, 0.1) is 6.54 Å². The number of aromatic nitrogens is 5. The molecule has 0 unspecified atom stereocenters. The first-order valence-electron chi connectivity index (χ1n) is 8.85. The Kier molecular flexibility index (Phi) is 4.31. The van der Waals surface area contributed by atoms with Crippen molar-refractivity contribution in [2.24, 2.45) is 0 Å². The van der Waals surface area contributed by atoms with Crippen molar-refractivity contribution >= 4 is 28.6 Å². The lowest BCUT2D eigenvalue weighted by molar-refractivity contribution is 0.545. The average Bonchev–Trinajstić information content (AvgIpc) is 3.25. The minimum atomic E-state index is -0.161. The van der Waals surface area contributed by atoms with E-state index in [4.69, 9.17) is 21.6 Å². The number of hydrogen-bond acceptors (Lipinski definition) is 5. The zero-order chi connectivity index (χ0) is 18.3. The van der Waals surface area contributed by atoms with Crippen molar-refractivity contribution in [1.29, 1.82) is 0 Å². The second-order valence-corrected chi connectivity index (χ2v) is 8.06. The van der Waals surface area contributed by atoms with Gasteiger partial charge in [-0.25, -0.2) is 14.6 Å². The van der Waals surface area contributed by atoms with Crippen LogP contribution in [0.4, 0.5) is 5.82 Å². The molecular weight excluding hydrogens is 348 g/mol. The van der Waals surface area contributed by atoms with Gasteiger partial charge in [-0.2, -0.15) is 0 Å². The molecule has 3 heterocycles. The summed E-state index contributed by atoms with van der Waals surface area (Å²) < 4.78 is 1.82. The van der Waals surface area contributed by atoms with Crippen LogP contribution < -0.4 is 4.90 Å². The second kappa shape index (κ2) is 6.50. The van der Waals surface area contributed by atoms with Crippen molar-refractivity contribution in [3.05, 3.63) is 47.1 Å². The van der Waals surface area contributed by atoms with E-state index in [0.29, 0.717) is 6.54 Å². The normalized spacial score (nSPS) is 15.2. The molecule has 1 aliphatic rings. The number of benzene rings is 1. The van der Waals surface area contributed by atoms with Crippen LogP contribution in [0.15, 0.2) is 24.3 Å². The summed E-state index contributed by atoms with van der Waals surface area (Å²) in [5, 5.41) is 9.48. The maximum atomic E-state index is 6.32. The molecule has 0 spiro atoms. The Morgan fingerprint density at radius 3 is 2.65 bits per heavy atom. The summed E-state index contributed by atoms with van der Waals surface area (Å²) in [4.78, 5) is 11.9. The van der Waals surface area contributed by atoms with E-state index < -0.39 is 0 Å². The molecule has 1 aliphatic heterocycles. The van der Waals surface area contributed by atoms with E-state index in [0.717, 1.165) is 52.9 Å². The SMILES string of the molecule is CC(C)(C)c1nc(N2C[CH]CC2)c2nnn(Cc3ccccc3Cl)c2n1. The molecule has 0 amide bonds. The minimum Gasteiger partial charge on any atom is -0.354 e. The van der Waals surface area contributed by atoms with Crippen LogP contribution in [-0.2, 0) is 12.0 Å². The third-order valence-electron chi connectivity index (χ3n) is 4.55. The van der Waals surface area contributed by atoms with E-state index >= 15 is 0 Å². The summed E-state index contributed by atoms with van der Waals surface area (Å²) in [5.74, 6) is 1.67. The largest absolute Gasteiger partial charge is 0.354 e. The van der Waals surface area contributed by atoms with Gasteiger partial charge in [0, 0.05) is 23.5 Å². The Bertz CT molecular complexity index is 937. The molecule has 0 aliphatic carbocycles. The van der Waals surface area contributed by atoms with Gasteiger partial charge in [-0.3, -0.25) is 0 Å². The summed E-state index contributed by atoms with van der Waals surface area (Å²) in [6, 6.07) is 7.78. The third-order valence-corrected chi connectivity index (χ3v) is 4.91. The van der Waals surface area contributed by atoms with E-state index in [9.17, 15) is 0 Å². The number of anilines is 1. The lowest BCUT2D eigenvalue weighted by atomic mass is 9.96. The van der Waals surface area contributed by atoms with Gasteiger partial charge in [0.15, 0.2) is 17.0 Å². The van der Waals surface area contributed by atoms with Crippen LogP contribution in [0.25, 0.3) is 11.2 Å². The molecule has 0 N–H and O–H groups in total. The highest BCUT2D eigenvalue weighted by Crippen LogP contribution is 2.29. The Morgan fingerprint density at radius 2 is 1.96 bits per heavy atom. The van der Waals surface area contributed by atoms with Crippen molar-refractivity contribution in [2.45, 2.75) is 39.2 Å². The van der Waals surface area contributed by atoms with Crippen LogP contribution >= 0.6 is 11.6 Å². The first-order valence-corrected chi connectivity index (χ1v) is 9.23. The number of rotatable bonds is 3. The smallest absolute Gasteiger partial charge is 0.184 e. The first-order chi connectivity index (χ1) is 12.4. The van der Waals surface area contributed by atoms with Gasteiger partial charge in [-0.1, -0.05) is 55.8 Å². The Morgan fingerprint density at radius 1 is 1.15 bits per heavy atom. The monoisotopic (exact) mass is 369 g/mol. The molecule has 26 heavy (non-hydrogen) atoms. The fourth-order valence-electron chi connectivity index (χ4n) is 3.07. The molecule has 1 aromatic carbocycles. The van der Waals surface area contributed by atoms with Gasteiger partial charge >= 0.3 is 0 Å². The number of nitrogens with zero attached hydrogens (tertiary/aromatic N) is 6. The summed E-state index contributed by atoms with van der Waals surface area (Å²) >= 11 is 6.32. The summed E-state index contributed by atoms with van der Waals surface area (Å²) in [6.07, 6.45) is 3.32. The fraction of sp³-hybridized carbons (Fsp3) is 0.421. The maximum Gasteiger partial charge on any atom is 0.184 e. The molecule has 0 bridgehead atoms. The van der Waals surface area contributed by atoms with E-state index in [1.54, 1.807) is 0 Å². The zero-order valence-corrected chi connectivity index (χ0v) is 16.0. The highest BCUT2D eigenvalue weighted by atomic mass is 35.5. The van der Waals surface area contributed by atoms with Gasteiger partial charge in [0.2, 0.25) is 0 Å². The summed E-state index contributed by atoms with van der Waals surface area (Å²) in [6.45, 7) is 8.73. The van der Waals surface area contributed by atoms with E-state index in [-0.39, 0.29) is 5.41 Å². The lowest BCUT2D eigenvalue weighted by Crippen LogP contribution is -2.24. The average molecular weight is 370 g/mol. The van der Waals surface area contributed by atoms with Crippen LogP contribution in [-0.4, -0.2) is 38.1 Å². The van der Waals surface area contributed by atoms with Gasteiger partial charge in [-0.15, -0.1) is 5.10 Å². The van der Waals surface area contributed by atoms with Crippen LogP contribution in [0.5, 0.6) is 0 Å². The molecular formula is C19H22ClN6. The van der Waals surface area contributed by atoms with E-state index in [1.165, 1.54) is 0 Å². The standard InChI is InChI=1S/C19H22ClN6/c1-19(2,3)18-21-16(25-10-6-7-11-25)15-17(22-18)26(24-23-15)12-13-8-4-5-9-14(13)20/h4-6,8-9H,7,10-12H2,1-3H3. The molecule has 1 saturated heterocycles. The van der Waals surface area contributed by atoms with Crippen molar-refractivity contribution in [2.75, 3.05) is 18.0 Å². The van der Waals surface area contributed by atoms with Gasteiger partial charge in [0.25, 0.3) is 0 Å². The predicted molar refractivity (Wildman–Crippen MR) is 104 cm³/mol. The van der Waals surface area contributed by atoms with Crippen molar-refractivity contribution in [3.63, 3.8) is 0 Å². The van der Waals surface area contributed by atoms with Crippen LogP contribution in [0.3, 0.4) is 0 Å². The molecule has 1 radical (unpaired) electrons. The molecule has 0 atom stereocenters. The van der Waals surface area contributed by atoms with Crippen LogP contribution in [0.2, 0.25) is 5.02 Å². The molecule has 6 nitrogen and oxygen atoms in total. The Hall–Kier alpha value is -2.21. The maximum absolute atomic E-state index is 6.32. The Labute approximate surface area is 158 Å². The van der Waals surface area contributed by atoms with Crippen LogP contribution in [0, 0.1) is 6.42 Å². The number of hydrogen-bond donors (Lipinski definition) is 0. The molecule has 135 valence electrons. The van der Waals surface area contributed by atoms with Crippen molar-refractivity contribution < 1.29 is 0 Å². The predicted octanol–water partition coefficient (Wildman–Crippen LogP) is 3.63. The molecule has 1 fully saturated rings. The summed E-state index contributed by atoms with van der Waals surface area (Å²) in [5.41, 5.74) is 2.34. The molecule has 0 saturated carbocycles. The molecule has 7 heteroatoms. The molecule has 4 rings (SSSR count). The van der Waals surface area contributed by atoms with Gasteiger partial charge < -0.3 is 4.90 Å². The van der Waals surface area contributed by atoms with Crippen molar-refractivity contribution in [1.82, 2.24) is 25.0 Å². The van der Waals surface area contributed by atoms with Gasteiger partial charge in [0.1, 0.15) is 5.82 Å². The topological polar surface area (TPSA) is 59.7 Å². The minimum absolute atomic E-state index is 0.161. The molecule has 3 aromatic rings. The fourth-order valence-corrected chi connectivity index (χ4v) is 3.27. The quantitative estimate of drug-likeness (QED) is 0.705. The van der Waals surface area contributed by atoms with E-state index in [2.05, 4.69) is 42.4 Å². The zero-order valence-electron chi connectivity index (χ0n) is 15.3. The highest BCUT2D eigenvalue weighted by Gasteiger charge is 2.26. The van der Waals surface area contributed by atoms with Crippen LogP contribution in [0.1, 0.15) is 38.6 Å². The lowest BCUT2D eigenvalue weighted by Gasteiger charge is -2.21. The summed E-state index contributed by atoms with van der Waals surface area (Å²) in [7, 11) is 0. The van der Waals surface area contributed by atoms with Crippen molar-refractivity contribution in [3.8, 4) is 0 Å².